The first kappa shape index (κ1) is 15.0. The molecule has 1 unspecified atom stereocenters. The Labute approximate surface area is 122 Å². The molecule has 0 radical (unpaired) electrons. The molecule has 0 bridgehead atoms. The zero-order valence-electron chi connectivity index (χ0n) is 12.7. The summed E-state index contributed by atoms with van der Waals surface area (Å²) in [5.41, 5.74) is 3.34. The average molecular weight is 271 g/mol. The number of nitrogens with zero attached hydrogens (tertiary/aromatic N) is 2. The summed E-state index contributed by atoms with van der Waals surface area (Å²) in [4.78, 5) is 2.60. The molecule has 0 aliphatic carbocycles. The van der Waals surface area contributed by atoms with Crippen molar-refractivity contribution in [3.05, 3.63) is 34.9 Å². The van der Waals surface area contributed by atoms with Crippen LogP contribution in [0.5, 0.6) is 0 Å². The third kappa shape index (κ3) is 3.82. The van der Waals surface area contributed by atoms with Gasteiger partial charge in [0.15, 0.2) is 0 Å². The fraction of sp³-hybridized carbons (Fsp3) is 0.588. The zero-order valence-corrected chi connectivity index (χ0v) is 12.7. The fourth-order valence-corrected chi connectivity index (χ4v) is 2.98. The Morgan fingerprint density at radius 2 is 2.30 bits per heavy atom. The monoisotopic (exact) mass is 271 g/mol. The molecule has 1 aromatic rings. The summed E-state index contributed by atoms with van der Waals surface area (Å²) in [5, 5.41) is 12.5. The third-order valence-electron chi connectivity index (χ3n) is 4.14. The first-order chi connectivity index (χ1) is 9.74. The maximum Gasteiger partial charge on any atom is 0.0991 e. The normalized spacial score (nSPS) is 19.0. The van der Waals surface area contributed by atoms with Crippen LogP contribution in [0.3, 0.4) is 0 Å². The summed E-state index contributed by atoms with van der Waals surface area (Å²) in [7, 11) is 0. The Kier molecular flexibility index (Phi) is 5.58. The summed E-state index contributed by atoms with van der Waals surface area (Å²) in [6, 6.07) is 8.92. The standard InChI is InChI=1S/C17H25N3/c1-3-9-20(17-5-4-8-19-12-17)13-16-7-6-15(11-18)10-14(16)2/h6-7,10,17,19H,3-5,8-9,12-13H2,1-2H3. The van der Waals surface area contributed by atoms with Gasteiger partial charge in [-0.15, -0.1) is 0 Å². The third-order valence-corrected chi connectivity index (χ3v) is 4.14. The number of aryl methyl sites for hydroxylation is 1. The molecular weight excluding hydrogens is 246 g/mol. The van der Waals surface area contributed by atoms with E-state index < -0.39 is 0 Å². The number of hydrogen-bond acceptors (Lipinski definition) is 3. The molecule has 1 aliphatic rings. The maximum atomic E-state index is 8.95. The molecule has 0 aromatic heterocycles. The number of nitriles is 1. The molecule has 2 rings (SSSR count). The highest BCUT2D eigenvalue weighted by Gasteiger charge is 2.20. The van der Waals surface area contributed by atoms with E-state index in [1.807, 2.05) is 12.1 Å². The molecule has 20 heavy (non-hydrogen) atoms. The van der Waals surface area contributed by atoms with Crippen molar-refractivity contribution in [2.75, 3.05) is 19.6 Å². The minimum Gasteiger partial charge on any atom is -0.315 e. The second-order valence-corrected chi connectivity index (χ2v) is 5.72. The van der Waals surface area contributed by atoms with Crippen LogP contribution in [0.4, 0.5) is 0 Å². The van der Waals surface area contributed by atoms with Gasteiger partial charge < -0.3 is 5.32 Å². The van der Waals surface area contributed by atoms with Crippen molar-refractivity contribution in [2.24, 2.45) is 0 Å². The first-order valence-corrected chi connectivity index (χ1v) is 7.69. The van der Waals surface area contributed by atoms with E-state index in [2.05, 4.69) is 36.2 Å². The molecule has 1 aliphatic heterocycles. The van der Waals surface area contributed by atoms with Gasteiger partial charge in [0.2, 0.25) is 0 Å². The Hall–Kier alpha value is -1.37. The molecule has 0 spiro atoms. The molecule has 1 heterocycles. The minimum absolute atomic E-state index is 0.652. The van der Waals surface area contributed by atoms with Crippen LogP contribution in [0.15, 0.2) is 18.2 Å². The molecule has 1 saturated heterocycles. The maximum absolute atomic E-state index is 8.95. The fourth-order valence-electron chi connectivity index (χ4n) is 2.98. The van der Waals surface area contributed by atoms with Gasteiger partial charge in [-0.05, 0) is 62.5 Å². The molecule has 0 saturated carbocycles. The Morgan fingerprint density at radius 3 is 2.90 bits per heavy atom. The second-order valence-electron chi connectivity index (χ2n) is 5.72. The molecule has 0 amide bonds. The highest BCUT2D eigenvalue weighted by molar-refractivity contribution is 5.37. The lowest BCUT2D eigenvalue weighted by atomic mass is 10.0. The summed E-state index contributed by atoms with van der Waals surface area (Å²) in [5.74, 6) is 0. The van der Waals surface area contributed by atoms with E-state index in [0.29, 0.717) is 6.04 Å². The van der Waals surface area contributed by atoms with Crippen LogP contribution in [-0.2, 0) is 6.54 Å². The Bertz CT molecular complexity index is 470. The molecule has 108 valence electrons. The lowest BCUT2D eigenvalue weighted by Crippen LogP contribution is -2.46. The van der Waals surface area contributed by atoms with Crippen LogP contribution >= 0.6 is 0 Å². The van der Waals surface area contributed by atoms with Gasteiger partial charge >= 0.3 is 0 Å². The molecule has 1 fully saturated rings. The van der Waals surface area contributed by atoms with Crippen LogP contribution in [0.2, 0.25) is 0 Å². The second kappa shape index (κ2) is 7.42. The quantitative estimate of drug-likeness (QED) is 0.895. The van der Waals surface area contributed by atoms with Gasteiger partial charge in [0, 0.05) is 19.1 Å². The van der Waals surface area contributed by atoms with Crippen molar-refractivity contribution in [3.63, 3.8) is 0 Å². The molecular formula is C17H25N3. The van der Waals surface area contributed by atoms with E-state index in [9.17, 15) is 0 Å². The predicted octanol–water partition coefficient (Wildman–Crippen LogP) is 2.83. The van der Waals surface area contributed by atoms with Crippen LogP contribution in [0, 0.1) is 18.3 Å². The van der Waals surface area contributed by atoms with Crippen LogP contribution in [0.1, 0.15) is 42.9 Å². The predicted molar refractivity (Wildman–Crippen MR) is 82.5 cm³/mol. The van der Waals surface area contributed by atoms with Gasteiger partial charge in [-0.3, -0.25) is 4.90 Å². The van der Waals surface area contributed by atoms with E-state index >= 15 is 0 Å². The van der Waals surface area contributed by atoms with Crippen molar-refractivity contribution in [3.8, 4) is 6.07 Å². The van der Waals surface area contributed by atoms with E-state index in [1.165, 1.54) is 30.4 Å². The van der Waals surface area contributed by atoms with Crippen LogP contribution < -0.4 is 5.32 Å². The summed E-state index contributed by atoms with van der Waals surface area (Å²) in [6.07, 6.45) is 3.76. The van der Waals surface area contributed by atoms with Crippen molar-refractivity contribution < 1.29 is 0 Å². The number of hydrogen-bond donors (Lipinski definition) is 1. The van der Waals surface area contributed by atoms with Crippen LogP contribution in [-0.4, -0.2) is 30.6 Å². The SMILES string of the molecule is CCCN(Cc1ccc(C#N)cc1C)C1CCCNC1. The van der Waals surface area contributed by atoms with Gasteiger partial charge in [0.05, 0.1) is 11.6 Å². The van der Waals surface area contributed by atoms with Gasteiger partial charge in [-0.25, -0.2) is 0 Å². The Morgan fingerprint density at radius 1 is 1.45 bits per heavy atom. The van der Waals surface area contributed by atoms with Crippen molar-refractivity contribution in [2.45, 2.75) is 45.7 Å². The molecule has 1 aromatic carbocycles. The van der Waals surface area contributed by atoms with Gasteiger partial charge in [-0.2, -0.15) is 5.26 Å². The lowest BCUT2D eigenvalue weighted by molar-refractivity contribution is 0.157. The summed E-state index contributed by atoms with van der Waals surface area (Å²) < 4.78 is 0. The number of nitrogens with one attached hydrogen (secondary N) is 1. The topological polar surface area (TPSA) is 39.1 Å². The van der Waals surface area contributed by atoms with Crippen LogP contribution in [0.25, 0.3) is 0 Å². The highest BCUT2D eigenvalue weighted by Crippen LogP contribution is 2.18. The number of rotatable bonds is 5. The average Bonchev–Trinajstić information content (AvgIpc) is 2.49. The van der Waals surface area contributed by atoms with Gasteiger partial charge in [0.1, 0.15) is 0 Å². The van der Waals surface area contributed by atoms with E-state index in [0.717, 1.165) is 31.7 Å². The zero-order chi connectivity index (χ0) is 14.4. The largest absolute Gasteiger partial charge is 0.315 e. The highest BCUT2D eigenvalue weighted by atomic mass is 15.2. The van der Waals surface area contributed by atoms with Crippen molar-refractivity contribution in [1.82, 2.24) is 10.2 Å². The first-order valence-electron chi connectivity index (χ1n) is 7.69. The van der Waals surface area contributed by atoms with Crippen molar-refractivity contribution in [1.29, 1.82) is 5.26 Å². The smallest absolute Gasteiger partial charge is 0.0991 e. The molecule has 1 N–H and O–H groups in total. The van der Waals surface area contributed by atoms with E-state index in [4.69, 9.17) is 5.26 Å². The van der Waals surface area contributed by atoms with Crippen molar-refractivity contribution >= 4 is 0 Å². The number of benzene rings is 1. The number of piperidine rings is 1. The molecule has 3 heteroatoms. The van der Waals surface area contributed by atoms with Gasteiger partial charge in [-0.1, -0.05) is 13.0 Å². The molecule has 3 nitrogen and oxygen atoms in total. The van der Waals surface area contributed by atoms with E-state index in [1.54, 1.807) is 0 Å². The molecule has 1 atom stereocenters. The summed E-state index contributed by atoms with van der Waals surface area (Å²) >= 11 is 0. The minimum atomic E-state index is 0.652. The lowest BCUT2D eigenvalue weighted by Gasteiger charge is -2.35. The van der Waals surface area contributed by atoms with E-state index in [-0.39, 0.29) is 0 Å². The van der Waals surface area contributed by atoms with Gasteiger partial charge in [0.25, 0.3) is 0 Å². The Balaban J connectivity index is 2.09. The summed E-state index contributed by atoms with van der Waals surface area (Å²) in [6.45, 7) is 8.76.